The van der Waals surface area contributed by atoms with Gasteiger partial charge in [0.15, 0.2) is 0 Å². The number of fused-ring (bicyclic) bond motifs is 18. The Labute approximate surface area is 565 Å². The van der Waals surface area contributed by atoms with Gasteiger partial charge < -0.3 is 9.80 Å². The molecular weight excluding hydrogens is 1170 g/mol. The van der Waals surface area contributed by atoms with Crippen LogP contribution in [0.1, 0.15) is 66.8 Å². The first-order valence-electron chi connectivity index (χ1n) is 34.0. The van der Waals surface area contributed by atoms with Crippen molar-refractivity contribution in [3.8, 4) is 55.6 Å². The van der Waals surface area contributed by atoms with Crippen LogP contribution in [0.3, 0.4) is 0 Å². The normalized spacial score (nSPS) is 15.5. The van der Waals surface area contributed by atoms with Crippen LogP contribution in [0, 0.1) is 0 Å². The highest BCUT2D eigenvalue weighted by molar-refractivity contribution is 6.22. The molecule has 0 saturated carbocycles. The summed E-state index contributed by atoms with van der Waals surface area (Å²) in [4.78, 5) is 4.96. The molecule has 0 saturated heterocycles. The van der Waals surface area contributed by atoms with Crippen molar-refractivity contribution >= 4 is 55.1 Å². The summed E-state index contributed by atoms with van der Waals surface area (Å²) in [6.45, 7) is 0. The molecule has 2 aliphatic carbocycles. The summed E-state index contributed by atoms with van der Waals surface area (Å²) in [7, 11) is 4.57. The standard InChI is InChI=1S/C95H64N2/c1-96-86-56-23-21-51-81(86)93(62-31-7-3-8-32-62,63-33-9-4-10-34-63)84-54-27-46-73(91(84)96)67-42-25-44-70-77(67)60-78-68(74-47-28-55-85-92(74)97(2)87-57-24-22-52-82(87)94(85,64-35-11-5-12-36-64)65-37-13-6-14-38-65)43-26-45-71(78)88(70)76-48-29-53-83-89(76)75-41-18-20-50-80(75)95(83)79-49-19-17-40-69(79)72-59-58-61-30-15-16-39-66(61)90(72)95/h3-60H,1-2H3. The predicted molar refractivity (Wildman–Crippen MR) is 404 cm³/mol. The molecule has 1 atom stereocenters. The van der Waals surface area contributed by atoms with Gasteiger partial charge in [-0.2, -0.15) is 0 Å². The fourth-order valence-electron chi connectivity index (χ4n) is 19.0. The summed E-state index contributed by atoms with van der Waals surface area (Å²) >= 11 is 0. The first kappa shape index (κ1) is 55.4. The van der Waals surface area contributed by atoms with E-state index in [0.29, 0.717) is 0 Å². The second-order valence-electron chi connectivity index (χ2n) is 26.9. The molecule has 16 aromatic rings. The zero-order chi connectivity index (χ0) is 64.1. The summed E-state index contributed by atoms with van der Waals surface area (Å²) in [5.74, 6) is 0. The molecule has 0 amide bonds. The summed E-state index contributed by atoms with van der Waals surface area (Å²) in [6, 6.07) is 134. The highest BCUT2D eigenvalue weighted by atomic mass is 15.1. The molecule has 1 unspecified atom stereocenters. The van der Waals surface area contributed by atoms with E-state index in [1.165, 1.54) is 177 Å². The number of anilines is 4. The van der Waals surface area contributed by atoms with Gasteiger partial charge in [0.05, 0.1) is 27.6 Å². The molecule has 2 heteroatoms. The van der Waals surface area contributed by atoms with E-state index in [2.05, 4.69) is 376 Å². The Morgan fingerprint density at radius 3 is 1.08 bits per heavy atom. The fourth-order valence-corrected chi connectivity index (χ4v) is 19.0. The van der Waals surface area contributed by atoms with Gasteiger partial charge in [-0.15, -0.1) is 0 Å². The smallest absolute Gasteiger partial charge is 0.0742 e. The number of para-hydroxylation sites is 4. The van der Waals surface area contributed by atoms with E-state index in [1.54, 1.807) is 0 Å². The number of nitrogens with zero attached hydrogens (tertiary/aromatic N) is 2. The third-order valence-electron chi connectivity index (χ3n) is 22.6. The minimum Gasteiger partial charge on any atom is -0.344 e. The van der Waals surface area contributed by atoms with Gasteiger partial charge in [0, 0.05) is 36.6 Å². The molecule has 2 heterocycles. The number of rotatable bonds is 7. The molecule has 20 rings (SSSR count). The lowest BCUT2D eigenvalue weighted by atomic mass is 9.62. The topological polar surface area (TPSA) is 6.48 Å². The molecule has 1 spiro atoms. The van der Waals surface area contributed by atoms with Crippen LogP contribution < -0.4 is 9.80 Å². The lowest BCUT2D eigenvalue weighted by Gasteiger charge is -2.46. The van der Waals surface area contributed by atoms with E-state index in [0.717, 1.165) is 0 Å². The first-order valence-corrected chi connectivity index (χ1v) is 34.0. The Morgan fingerprint density at radius 1 is 0.206 bits per heavy atom. The van der Waals surface area contributed by atoms with E-state index in [1.807, 2.05) is 0 Å². The highest BCUT2D eigenvalue weighted by Crippen LogP contribution is 2.67. The zero-order valence-electron chi connectivity index (χ0n) is 53.9. The van der Waals surface area contributed by atoms with Gasteiger partial charge >= 0.3 is 0 Å². The molecule has 0 bridgehead atoms. The van der Waals surface area contributed by atoms with E-state index in [4.69, 9.17) is 0 Å². The lowest BCUT2D eigenvalue weighted by molar-refractivity contribution is 0.728. The van der Waals surface area contributed by atoms with Crippen LogP contribution in [0.5, 0.6) is 0 Å². The monoisotopic (exact) mass is 1230 g/mol. The van der Waals surface area contributed by atoms with E-state index in [-0.39, 0.29) is 0 Å². The minimum atomic E-state index is -0.644. The maximum atomic E-state index is 2.57. The van der Waals surface area contributed by atoms with Crippen molar-refractivity contribution in [2.45, 2.75) is 16.2 Å². The average Bonchev–Trinajstić information content (AvgIpc) is 1.50. The SMILES string of the molecule is CN1c2ccccc2C(c2ccccc2)(c2ccccc2)c2cccc(-c3cccc4c(-c5cccc6c5-c5ccccc5C65c6ccccc6-c6ccc7ccccc7c65)c5cccc(-c6cccc7c6N(C)c6ccccc6C7(c6ccccc6)c6ccccc6)c5cc34)c21. The van der Waals surface area contributed by atoms with Crippen LogP contribution in [0.25, 0.3) is 88.0 Å². The van der Waals surface area contributed by atoms with E-state index < -0.39 is 16.2 Å². The van der Waals surface area contributed by atoms with E-state index in [9.17, 15) is 0 Å². The molecule has 2 nitrogen and oxygen atoms in total. The Kier molecular flexibility index (Phi) is 12.0. The molecule has 16 aromatic carbocycles. The number of benzene rings is 16. The predicted octanol–water partition coefficient (Wildman–Crippen LogP) is 23.4. The zero-order valence-corrected chi connectivity index (χ0v) is 53.9. The van der Waals surface area contributed by atoms with Crippen molar-refractivity contribution in [2.75, 3.05) is 23.9 Å². The maximum absolute atomic E-state index is 2.57. The van der Waals surface area contributed by atoms with Gasteiger partial charge in [0.2, 0.25) is 0 Å². The Morgan fingerprint density at radius 2 is 0.567 bits per heavy atom. The quantitative estimate of drug-likeness (QED) is 0.147. The second-order valence-corrected chi connectivity index (χ2v) is 26.9. The number of hydrogen-bond donors (Lipinski definition) is 0. The molecule has 0 fully saturated rings. The highest BCUT2D eigenvalue weighted by Gasteiger charge is 2.54. The third kappa shape index (κ3) is 7.29. The molecule has 454 valence electrons. The van der Waals surface area contributed by atoms with Crippen LogP contribution in [0.15, 0.2) is 352 Å². The summed E-state index contributed by atoms with van der Waals surface area (Å²) < 4.78 is 0. The largest absolute Gasteiger partial charge is 0.344 e. The molecule has 2 aliphatic heterocycles. The van der Waals surface area contributed by atoms with Crippen LogP contribution >= 0.6 is 0 Å². The van der Waals surface area contributed by atoms with Crippen molar-refractivity contribution in [1.82, 2.24) is 0 Å². The molecule has 0 N–H and O–H groups in total. The Bertz CT molecular complexity index is 5600. The van der Waals surface area contributed by atoms with Gasteiger partial charge in [-0.3, -0.25) is 0 Å². The third-order valence-corrected chi connectivity index (χ3v) is 22.6. The van der Waals surface area contributed by atoms with Gasteiger partial charge in [0.25, 0.3) is 0 Å². The van der Waals surface area contributed by atoms with Crippen LogP contribution in [0.2, 0.25) is 0 Å². The minimum absolute atomic E-state index is 0.590. The van der Waals surface area contributed by atoms with Crippen molar-refractivity contribution in [1.29, 1.82) is 0 Å². The fraction of sp³-hybridized carbons (Fsp3) is 0.0526. The van der Waals surface area contributed by atoms with Crippen LogP contribution in [-0.4, -0.2) is 14.1 Å². The van der Waals surface area contributed by atoms with Gasteiger partial charge in [-0.1, -0.05) is 334 Å². The van der Waals surface area contributed by atoms with Crippen LogP contribution in [0.4, 0.5) is 22.7 Å². The number of hydrogen-bond acceptors (Lipinski definition) is 2. The van der Waals surface area contributed by atoms with Crippen molar-refractivity contribution in [3.63, 3.8) is 0 Å². The Hall–Kier alpha value is -12.1. The summed E-state index contributed by atoms with van der Waals surface area (Å²) in [5, 5.41) is 7.33. The van der Waals surface area contributed by atoms with Gasteiger partial charge in [-0.05, 0) is 162 Å². The van der Waals surface area contributed by atoms with Crippen molar-refractivity contribution in [3.05, 3.63) is 419 Å². The first-order chi connectivity index (χ1) is 48.0. The van der Waals surface area contributed by atoms with E-state index >= 15 is 0 Å². The lowest BCUT2D eigenvalue weighted by Crippen LogP contribution is -2.38. The second kappa shape index (κ2) is 20.9. The summed E-state index contributed by atoms with van der Waals surface area (Å²) in [6.07, 6.45) is 0. The molecular formula is C95H64N2. The molecule has 97 heavy (non-hydrogen) atoms. The molecule has 0 aromatic heterocycles. The Balaban J connectivity index is 0.925. The average molecular weight is 1230 g/mol. The van der Waals surface area contributed by atoms with Gasteiger partial charge in [-0.25, -0.2) is 0 Å². The van der Waals surface area contributed by atoms with Crippen molar-refractivity contribution < 1.29 is 0 Å². The molecule has 0 radical (unpaired) electrons. The van der Waals surface area contributed by atoms with Gasteiger partial charge in [0.1, 0.15) is 0 Å². The van der Waals surface area contributed by atoms with Crippen LogP contribution in [-0.2, 0) is 16.2 Å². The van der Waals surface area contributed by atoms with Crippen molar-refractivity contribution in [2.24, 2.45) is 0 Å². The molecule has 4 aliphatic rings. The maximum Gasteiger partial charge on any atom is 0.0742 e. The summed E-state index contributed by atoms with van der Waals surface area (Å²) in [5.41, 5.74) is 30.4.